The van der Waals surface area contributed by atoms with Crippen molar-refractivity contribution in [3.05, 3.63) is 168 Å². The van der Waals surface area contributed by atoms with Crippen LogP contribution in [0.3, 0.4) is 0 Å². The summed E-state index contributed by atoms with van der Waals surface area (Å²) in [6, 6.07) is -4.44. The van der Waals surface area contributed by atoms with Gasteiger partial charge >= 0.3 is 49.4 Å². The third-order valence-electron chi connectivity index (χ3n) is 14.0. The summed E-state index contributed by atoms with van der Waals surface area (Å²) in [6.45, 7) is -1.19. The summed E-state index contributed by atoms with van der Waals surface area (Å²) in [5, 5.41) is 37.3. The van der Waals surface area contributed by atoms with Crippen molar-refractivity contribution in [3.8, 4) is 5.75 Å². The maximum atomic E-state index is 14.3. The fourth-order valence-corrected chi connectivity index (χ4v) is 10.4. The van der Waals surface area contributed by atoms with Gasteiger partial charge in [-0.25, -0.2) is 0 Å². The number of aryl methyl sites for hydroxylation is 1. The maximum absolute atomic E-state index is 14.3. The fraction of sp³-hybridized carbons (Fsp3) is 0.412. The van der Waals surface area contributed by atoms with Gasteiger partial charge < -0.3 is 15.3 Å². The van der Waals surface area contributed by atoms with E-state index in [0.29, 0.717) is 0 Å². The van der Waals surface area contributed by atoms with Crippen LogP contribution in [-0.2, 0) is 73.7 Å². The smallest absolute Gasteiger partial charge is 0.416 e. The van der Waals surface area contributed by atoms with E-state index >= 15 is 0 Å². The van der Waals surface area contributed by atoms with E-state index < -0.39 is 208 Å². The molecule has 0 aliphatic carbocycles. The molecule has 0 amide bonds. The minimum atomic E-state index is -5.69. The maximum Gasteiger partial charge on any atom is 0.416 e. The number of benzene rings is 5. The van der Waals surface area contributed by atoms with E-state index in [2.05, 4.69) is 0 Å². The third kappa shape index (κ3) is 12.6. The number of phenolic OH excluding ortho intramolecular Hbond substituents is 1. The monoisotopic (exact) mass is 1180 g/mol. The molecule has 0 saturated carbocycles. The second-order valence-corrected chi connectivity index (χ2v) is 19.4. The first-order chi connectivity index (χ1) is 36.2. The standard InChI is InChI=1S/C51H38F24N2O3/c1-24-8-25(22-76-6-2-4-39(76)42(79,27-10-31(44(52,53)54)18-32(11-27)45(55,56)57)28-12-33(46(58,59)60)19-34(13-28)47(61,62)63)41(78)26(9-24)23-77-7-3-5-40(77)43(80,29-14-35(48(64,65)66)20-36(15-29)49(67,68)69)30-16-37(50(70,71)72)21-38(17-30)51(73,74)75/h8-21,39-40,78-80H,2-7,22-23H2,1H3/t39-,40-/m0/s1. The highest BCUT2D eigenvalue weighted by Crippen LogP contribution is 2.51. The largest absolute Gasteiger partial charge is 0.507 e. The van der Waals surface area contributed by atoms with E-state index in [4.69, 9.17) is 0 Å². The van der Waals surface area contributed by atoms with Crippen LogP contribution in [0, 0.1) is 6.92 Å². The second-order valence-electron chi connectivity index (χ2n) is 19.4. The number of aliphatic hydroxyl groups is 2. The molecule has 5 nitrogen and oxygen atoms in total. The normalized spacial score (nSPS) is 18.2. The molecule has 2 heterocycles. The lowest BCUT2D eigenvalue weighted by Gasteiger charge is -2.41. The van der Waals surface area contributed by atoms with Crippen molar-refractivity contribution in [3.63, 3.8) is 0 Å². The first kappa shape index (κ1) is 61.7. The van der Waals surface area contributed by atoms with Gasteiger partial charge in [-0.05, 0) is 141 Å². The summed E-state index contributed by atoms with van der Waals surface area (Å²) in [5.41, 5.74) is -31.1. The number of alkyl halides is 24. The zero-order valence-corrected chi connectivity index (χ0v) is 40.2. The van der Waals surface area contributed by atoms with E-state index in [1.54, 1.807) is 0 Å². The molecule has 5 aromatic rings. The summed E-state index contributed by atoms with van der Waals surface area (Å²) in [5.74, 6) is -0.882. The van der Waals surface area contributed by atoms with Gasteiger partial charge in [0.15, 0.2) is 0 Å². The molecule has 0 bridgehead atoms. The molecule has 80 heavy (non-hydrogen) atoms. The second kappa shape index (κ2) is 20.5. The molecule has 2 aliphatic heterocycles. The average Bonchev–Trinajstić information content (AvgIpc) is 4.00. The molecule has 7 rings (SSSR count). The predicted molar refractivity (Wildman–Crippen MR) is 231 cm³/mol. The van der Waals surface area contributed by atoms with Gasteiger partial charge in [-0.3, -0.25) is 9.80 Å². The molecule has 2 fully saturated rings. The fourth-order valence-electron chi connectivity index (χ4n) is 10.4. The lowest BCUT2D eigenvalue weighted by atomic mass is 9.76. The summed E-state index contributed by atoms with van der Waals surface area (Å²) in [6.07, 6.45) is -47.2. The molecular formula is C51H38F24N2O3. The van der Waals surface area contributed by atoms with Gasteiger partial charge in [0.25, 0.3) is 0 Å². The van der Waals surface area contributed by atoms with Crippen LogP contribution in [-0.4, -0.2) is 50.3 Å². The van der Waals surface area contributed by atoms with Gasteiger partial charge in [0, 0.05) is 36.3 Å². The molecule has 3 N–H and O–H groups in total. The Bertz CT molecular complexity index is 2630. The van der Waals surface area contributed by atoms with Crippen LogP contribution in [0.5, 0.6) is 5.75 Å². The third-order valence-corrected chi connectivity index (χ3v) is 14.0. The first-order valence-corrected chi connectivity index (χ1v) is 23.2. The lowest BCUT2D eigenvalue weighted by Crippen LogP contribution is -2.49. The highest BCUT2D eigenvalue weighted by atomic mass is 19.4. The van der Waals surface area contributed by atoms with Crippen LogP contribution in [0.15, 0.2) is 84.9 Å². The first-order valence-electron chi connectivity index (χ1n) is 23.2. The number of likely N-dealkylation sites (tertiary alicyclic amines) is 2. The summed E-state index contributed by atoms with van der Waals surface area (Å²) >= 11 is 0. The molecule has 0 radical (unpaired) electrons. The molecule has 0 spiro atoms. The topological polar surface area (TPSA) is 67.2 Å². The number of phenols is 1. The SMILES string of the molecule is Cc1cc(CN2CCC[C@H]2C(O)(c2cc(C(F)(F)F)cc(C(F)(F)F)c2)c2cc(C(F)(F)F)cc(C(F)(F)F)c2)c(O)c(CN2CCC[C@H]2C(O)(c2cc(C(F)(F)F)cc(C(F)(F)F)c2)c2cc(C(F)(F)F)cc(C(F)(F)F)c2)c1. The van der Waals surface area contributed by atoms with Gasteiger partial charge in [-0.2, -0.15) is 105 Å². The summed E-state index contributed by atoms with van der Waals surface area (Å²) in [7, 11) is 0. The van der Waals surface area contributed by atoms with Gasteiger partial charge in [-0.15, -0.1) is 0 Å². The number of nitrogens with zero attached hydrogens (tertiary/aromatic N) is 2. The molecule has 2 saturated heterocycles. The van der Waals surface area contributed by atoms with Crippen LogP contribution >= 0.6 is 0 Å². The zero-order chi connectivity index (χ0) is 60.1. The van der Waals surface area contributed by atoms with E-state index in [-0.39, 0.29) is 78.1 Å². The van der Waals surface area contributed by atoms with E-state index in [1.807, 2.05) is 0 Å². The Kier molecular flexibility index (Phi) is 15.8. The Balaban J connectivity index is 1.39. The molecule has 0 unspecified atom stereocenters. The van der Waals surface area contributed by atoms with Crippen LogP contribution in [0.4, 0.5) is 105 Å². The molecule has 2 atom stereocenters. The number of hydrogen-bond donors (Lipinski definition) is 3. The molecule has 438 valence electrons. The van der Waals surface area contributed by atoms with Gasteiger partial charge in [0.1, 0.15) is 17.0 Å². The summed E-state index contributed by atoms with van der Waals surface area (Å²) in [4.78, 5) is 1.96. The van der Waals surface area contributed by atoms with Crippen molar-refractivity contribution in [2.45, 2.75) is 118 Å². The molecule has 29 heteroatoms. The van der Waals surface area contributed by atoms with Crippen molar-refractivity contribution >= 4 is 0 Å². The Morgan fingerprint density at radius 2 is 0.525 bits per heavy atom. The molecular weight excluding hydrogens is 1140 g/mol. The number of hydrogen-bond acceptors (Lipinski definition) is 5. The van der Waals surface area contributed by atoms with Crippen LogP contribution < -0.4 is 0 Å². The zero-order valence-electron chi connectivity index (χ0n) is 40.2. The quantitative estimate of drug-likeness (QED) is 0.122. The molecule has 5 aromatic carbocycles. The molecule has 2 aliphatic rings. The lowest BCUT2D eigenvalue weighted by molar-refractivity contribution is -0.145. The van der Waals surface area contributed by atoms with Crippen molar-refractivity contribution in [1.29, 1.82) is 0 Å². The minimum Gasteiger partial charge on any atom is -0.507 e. The Labute approximate surface area is 435 Å². The van der Waals surface area contributed by atoms with E-state index in [1.165, 1.54) is 6.92 Å². The van der Waals surface area contributed by atoms with Crippen molar-refractivity contribution in [2.75, 3.05) is 13.1 Å². The van der Waals surface area contributed by atoms with Crippen LogP contribution in [0.25, 0.3) is 0 Å². The Morgan fingerprint density at radius 1 is 0.338 bits per heavy atom. The van der Waals surface area contributed by atoms with Gasteiger partial charge in [0.05, 0.1) is 44.5 Å². The van der Waals surface area contributed by atoms with Crippen LogP contribution in [0.2, 0.25) is 0 Å². The minimum absolute atomic E-state index is 0.0885. The van der Waals surface area contributed by atoms with E-state index in [0.717, 1.165) is 21.9 Å². The summed E-state index contributed by atoms with van der Waals surface area (Å²) < 4.78 is 343. The van der Waals surface area contributed by atoms with Gasteiger partial charge in [0.2, 0.25) is 0 Å². The Morgan fingerprint density at radius 3 is 0.713 bits per heavy atom. The van der Waals surface area contributed by atoms with Crippen molar-refractivity contribution in [1.82, 2.24) is 9.80 Å². The van der Waals surface area contributed by atoms with Gasteiger partial charge in [-0.1, -0.05) is 17.7 Å². The highest BCUT2D eigenvalue weighted by molar-refractivity contribution is 5.50. The Hall–Kier alpha value is -5.94. The molecule has 0 aromatic heterocycles. The van der Waals surface area contributed by atoms with Crippen molar-refractivity contribution in [2.24, 2.45) is 0 Å². The van der Waals surface area contributed by atoms with Crippen molar-refractivity contribution < 1.29 is 121 Å². The predicted octanol–water partition coefficient (Wildman–Crippen LogP) is 15.7. The average molecular weight is 1180 g/mol. The number of halogens is 24. The van der Waals surface area contributed by atoms with Crippen LogP contribution in [0.1, 0.15) is 109 Å². The highest BCUT2D eigenvalue weighted by Gasteiger charge is 2.53. The number of rotatable bonds is 10. The number of aromatic hydroxyl groups is 1. The van der Waals surface area contributed by atoms with E-state index in [9.17, 15) is 121 Å².